The predicted molar refractivity (Wildman–Crippen MR) is 87.6 cm³/mol. The number of imidazole rings is 1. The zero-order valence-electron chi connectivity index (χ0n) is 12.8. The van der Waals surface area contributed by atoms with Crippen LogP contribution < -0.4 is 4.90 Å². The van der Waals surface area contributed by atoms with Gasteiger partial charge >= 0.3 is 0 Å². The van der Waals surface area contributed by atoms with Crippen LogP contribution in [0.25, 0.3) is 5.82 Å². The van der Waals surface area contributed by atoms with E-state index in [9.17, 15) is 0 Å². The summed E-state index contributed by atoms with van der Waals surface area (Å²) in [4.78, 5) is 19.9. The minimum absolute atomic E-state index is 0.399. The van der Waals surface area contributed by atoms with Crippen LogP contribution >= 0.6 is 0 Å². The molecule has 0 aromatic carbocycles. The number of nitrogens with zero attached hydrogens (tertiary/aromatic N) is 6. The van der Waals surface area contributed by atoms with Gasteiger partial charge in [-0.05, 0) is 31.0 Å². The molecule has 6 nitrogen and oxygen atoms in total. The van der Waals surface area contributed by atoms with Gasteiger partial charge in [-0.15, -0.1) is 0 Å². The fourth-order valence-corrected chi connectivity index (χ4v) is 3.06. The van der Waals surface area contributed by atoms with Crippen molar-refractivity contribution in [3.63, 3.8) is 0 Å². The molecule has 0 saturated carbocycles. The molecule has 0 N–H and O–H groups in total. The number of pyridine rings is 1. The lowest BCUT2D eigenvalue weighted by molar-refractivity contribution is 0.495. The van der Waals surface area contributed by atoms with Crippen molar-refractivity contribution in [2.24, 2.45) is 0 Å². The minimum atomic E-state index is 0.399. The molecule has 0 spiro atoms. The van der Waals surface area contributed by atoms with E-state index >= 15 is 0 Å². The van der Waals surface area contributed by atoms with Crippen molar-refractivity contribution < 1.29 is 0 Å². The molecule has 116 valence electrons. The first-order chi connectivity index (χ1) is 11.4. The fraction of sp³-hybridized carbons (Fsp3) is 0.294. The highest BCUT2D eigenvalue weighted by atomic mass is 15.3. The molecule has 0 unspecified atom stereocenters. The Kier molecular flexibility index (Phi) is 3.71. The molecule has 1 saturated heterocycles. The molecular formula is C17H18N6. The van der Waals surface area contributed by atoms with Crippen molar-refractivity contribution in [3.8, 4) is 5.82 Å². The highest BCUT2D eigenvalue weighted by Gasteiger charge is 2.24. The van der Waals surface area contributed by atoms with Gasteiger partial charge in [-0.1, -0.05) is 6.07 Å². The minimum Gasteiger partial charge on any atom is -0.340 e. The summed E-state index contributed by atoms with van der Waals surface area (Å²) < 4.78 is 1.93. The standard InChI is InChI=1S/C17H18N6/c1-5-15(21-16(6-1)23-11-9-18-13-23)14-4-2-10-22(12-14)17-19-7-3-8-20-17/h1,3,5-9,11,13-14H,2,4,10,12H2/t14-/m0/s1. The lowest BCUT2D eigenvalue weighted by atomic mass is 9.94. The van der Waals surface area contributed by atoms with Crippen LogP contribution in [0.5, 0.6) is 0 Å². The first kappa shape index (κ1) is 13.9. The van der Waals surface area contributed by atoms with Crippen LogP contribution in [0.15, 0.2) is 55.4 Å². The summed E-state index contributed by atoms with van der Waals surface area (Å²) in [5, 5.41) is 0. The van der Waals surface area contributed by atoms with E-state index in [4.69, 9.17) is 4.98 Å². The third-order valence-electron chi connectivity index (χ3n) is 4.20. The van der Waals surface area contributed by atoms with Gasteiger partial charge in [0.25, 0.3) is 0 Å². The molecule has 1 fully saturated rings. The second-order valence-electron chi connectivity index (χ2n) is 5.72. The molecule has 3 aromatic heterocycles. The zero-order chi connectivity index (χ0) is 15.5. The van der Waals surface area contributed by atoms with Gasteiger partial charge in [0.15, 0.2) is 0 Å². The van der Waals surface area contributed by atoms with E-state index < -0.39 is 0 Å². The van der Waals surface area contributed by atoms with Gasteiger partial charge in [0.1, 0.15) is 12.1 Å². The Morgan fingerprint density at radius 1 is 1.04 bits per heavy atom. The number of hydrogen-bond donors (Lipinski definition) is 0. The molecule has 1 atom stereocenters. The summed E-state index contributed by atoms with van der Waals surface area (Å²) in [7, 11) is 0. The smallest absolute Gasteiger partial charge is 0.225 e. The Morgan fingerprint density at radius 3 is 2.78 bits per heavy atom. The normalized spacial score (nSPS) is 18.1. The Hall–Kier alpha value is -2.76. The van der Waals surface area contributed by atoms with Gasteiger partial charge < -0.3 is 4.90 Å². The molecular weight excluding hydrogens is 288 g/mol. The van der Waals surface area contributed by atoms with Crippen molar-refractivity contribution in [2.75, 3.05) is 18.0 Å². The SMILES string of the molecule is c1cnc(N2CCC[C@H](c3cccc(-n4ccnc4)n3)C2)nc1. The van der Waals surface area contributed by atoms with E-state index in [2.05, 4.69) is 32.0 Å². The summed E-state index contributed by atoms with van der Waals surface area (Å²) in [5.74, 6) is 2.12. The molecule has 0 aliphatic carbocycles. The van der Waals surface area contributed by atoms with Crippen LogP contribution in [0.3, 0.4) is 0 Å². The van der Waals surface area contributed by atoms with Crippen LogP contribution in [0.4, 0.5) is 5.95 Å². The van der Waals surface area contributed by atoms with Crippen molar-refractivity contribution in [1.29, 1.82) is 0 Å². The molecule has 4 heterocycles. The van der Waals surface area contributed by atoms with Crippen LogP contribution in [0.1, 0.15) is 24.5 Å². The highest BCUT2D eigenvalue weighted by Crippen LogP contribution is 2.27. The first-order valence-electron chi connectivity index (χ1n) is 7.87. The van der Waals surface area contributed by atoms with Gasteiger partial charge in [-0.25, -0.2) is 19.9 Å². The van der Waals surface area contributed by atoms with E-state index in [1.165, 1.54) is 0 Å². The summed E-state index contributed by atoms with van der Waals surface area (Å²) in [5.41, 5.74) is 1.12. The average Bonchev–Trinajstić information content (AvgIpc) is 3.18. The molecule has 6 heteroatoms. The van der Waals surface area contributed by atoms with Crippen LogP contribution in [0.2, 0.25) is 0 Å². The molecule has 0 radical (unpaired) electrons. The largest absolute Gasteiger partial charge is 0.340 e. The Bertz CT molecular complexity index is 756. The lowest BCUT2D eigenvalue weighted by Gasteiger charge is -2.32. The number of anilines is 1. The fourth-order valence-electron chi connectivity index (χ4n) is 3.06. The van der Waals surface area contributed by atoms with Crippen molar-refractivity contribution in [3.05, 3.63) is 61.1 Å². The predicted octanol–water partition coefficient (Wildman–Crippen LogP) is 2.44. The summed E-state index contributed by atoms with van der Waals surface area (Å²) in [6, 6.07) is 8.03. The molecule has 0 amide bonds. The second-order valence-corrected chi connectivity index (χ2v) is 5.72. The van der Waals surface area contributed by atoms with Crippen molar-refractivity contribution in [1.82, 2.24) is 24.5 Å². The van der Waals surface area contributed by atoms with Gasteiger partial charge in [0.2, 0.25) is 5.95 Å². The summed E-state index contributed by atoms with van der Waals surface area (Å²) in [6.07, 6.45) is 11.3. The van der Waals surface area contributed by atoms with E-state index in [0.717, 1.165) is 43.4 Å². The van der Waals surface area contributed by atoms with Crippen LogP contribution in [-0.4, -0.2) is 37.6 Å². The van der Waals surface area contributed by atoms with Gasteiger partial charge in [-0.3, -0.25) is 4.57 Å². The highest BCUT2D eigenvalue weighted by molar-refractivity contribution is 5.33. The van der Waals surface area contributed by atoms with E-state index in [-0.39, 0.29) is 0 Å². The number of hydrogen-bond acceptors (Lipinski definition) is 5. The Labute approximate surface area is 134 Å². The quantitative estimate of drug-likeness (QED) is 0.744. The van der Waals surface area contributed by atoms with Crippen molar-refractivity contribution in [2.45, 2.75) is 18.8 Å². The third-order valence-corrected chi connectivity index (χ3v) is 4.20. The maximum atomic E-state index is 4.82. The Morgan fingerprint density at radius 2 is 1.96 bits per heavy atom. The van der Waals surface area contributed by atoms with Crippen molar-refractivity contribution >= 4 is 5.95 Å². The second kappa shape index (κ2) is 6.16. The Balaban J connectivity index is 1.57. The third kappa shape index (κ3) is 2.92. The van der Waals surface area contributed by atoms with Crippen LogP contribution in [-0.2, 0) is 0 Å². The maximum absolute atomic E-state index is 4.82. The lowest BCUT2D eigenvalue weighted by Crippen LogP contribution is -2.35. The topological polar surface area (TPSA) is 59.7 Å². The maximum Gasteiger partial charge on any atom is 0.225 e. The molecule has 0 bridgehead atoms. The van der Waals surface area contributed by atoms with E-state index in [1.807, 2.05) is 22.9 Å². The summed E-state index contributed by atoms with van der Waals surface area (Å²) in [6.45, 7) is 1.91. The van der Waals surface area contributed by atoms with Gasteiger partial charge in [0, 0.05) is 49.5 Å². The molecule has 3 aromatic rings. The van der Waals surface area contributed by atoms with E-state index in [1.54, 1.807) is 24.9 Å². The molecule has 1 aliphatic rings. The van der Waals surface area contributed by atoms with E-state index in [0.29, 0.717) is 5.92 Å². The van der Waals surface area contributed by atoms with Crippen LogP contribution in [0, 0.1) is 0 Å². The monoisotopic (exact) mass is 306 g/mol. The summed E-state index contributed by atoms with van der Waals surface area (Å²) >= 11 is 0. The molecule has 1 aliphatic heterocycles. The molecule has 23 heavy (non-hydrogen) atoms. The molecule has 4 rings (SSSR count). The number of rotatable bonds is 3. The van der Waals surface area contributed by atoms with Gasteiger partial charge in [0.05, 0.1) is 0 Å². The first-order valence-corrected chi connectivity index (χ1v) is 7.87. The average molecular weight is 306 g/mol. The zero-order valence-corrected chi connectivity index (χ0v) is 12.8. The number of piperidine rings is 1. The number of aromatic nitrogens is 5. The van der Waals surface area contributed by atoms with Gasteiger partial charge in [-0.2, -0.15) is 0 Å².